The van der Waals surface area contributed by atoms with Gasteiger partial charge < -0.3 is 29.1 Å². The highest BCUT2D eigenvalue weighted by molar-refractivity contribution is 5.94. The van der Waals surface area contributed by atoms with Crippen LogP contribution in [0.4, 0.5) is 16.3 Å². The van der Waals surface area contributed by atoms with Crippen LogP contribution in [0.5, 0.6) is 6.01 Å². The fourth-order valence-corrected chi connectivity index (χ4v) is 7.55. The molecule has 12 heteroatoms. The number of likely N-dealkylation sites (N-methyl/N-ethyl adjacent to an activating group) is 1. The van der Waals surface area contributed by atoms with Crippen LogP contribution in [-0.4, -0.2) is 109 Å². The molecule has 2 unspecified atom stereocenters. The number of nitriles is 1. The van der Waals surface area contributed by atoms with Crippen molar-refractivity contribution >= 4 is 34.3 Å². The molecular weight excluding hydrogens is 656 g/mol. The molecule has 0 N–H and O–H groups in total. The van der Waals surface area contributed by atoms with Gasteiger partial charge in [-0.05, 0) is 42.8 Å². The maximum atomic E-state index is 13.3. The number of amides is 2. The van der Waals surface area contributed by atoms with Gasteiger partial charge in [-0.25, -0.2) is 4.79 Å². The molecule has 0 saturated carbocycles. The molecule has 0 spiro atoms. The lowest BCUT2D eigenvalue weighted by molar-refractivity contribution is -0.130. The first-order chi connectivity index (χ1) is 25.4. The number of carbonyl (C=O) groups excluding carboxylic acids is 2. The summed E-state index contributed by atoms with van der Waals surface area (Å²) in [6.07, 6.45) is 2.43. The van der Waals surface area contributed by atoms with Crippen LogP contribution in [0.2, 0.25) is 0 Å². The van der Waals surface area contributed by atoms with Crippen molar-refractivity contribution in [2.75, 3.05) is 69.8 Å². The van der Waals surface area contributed by atoms with E-state index in [9.17, 15) is 14.9 Å². The van der Waals surface area contributed by atoms with Crippen molar-refractivity contribution in [1.29, 1.82) is 5.26 Å². The molecular formula is C40H46N8O4. The first-order valence-corrected chi connectivity index (χ1v) is 18.2. The summed E-state index contributed by atoms with van der Waals surface area (Å²) in [7, 11) is 3.56. The molecule has 2 saturated heterocycles. The molecule has 3 aliphatic rings. The van der Waals surface area contributed by atoms with Gasteiger partial charge in [0.05, 0.1) is 37.3 Å². The highest BCUT2D eigenvalue weighted by Gasteiger charge is 2.35. The fourth-order valence-electron chi connectivity index (χ4n) is 7.55. The molecule has 12 nitrogen and oxygen atoms in total. The van der Waals surface area contributed by atoms with Crippen molar-refractivity contribution in [2.24, 2.45) is 0 Å². The zero-order chi connectivity index (χ0) is 36.0. The van der Waals surface area contributed by atoms with Crippen molar-refractivity contribution in [3.05, 3.63) is 89.6 Å². The summed E-state index contributed by atoms with van der Waals surface area (Å²) in [6, 6.07) is 26.7. The Bertz CT molecular complexity index is 1930. The largest absolute Gasteiger partial charge is 0.462 e. The average Bonchev–Trinajstić information content (AvgIpc) is 3.62. The molecule has 270 valence electrons. The standard InChI is InChI=1S/C40H46N8O4/c1-44(2)37(49)26-45-20-9-14-32(45)28-51-39-42-35-25-46(36-16-8-13-30-12-6-7-15-33(30)36)21-18-34(35)38(43-39)47-22-23-48(31(24-47)17-19-41)40(50)52-27-29-10-4-3-5-11-29/h3-8,10-13,15-16,31-32H,9,14,17-18,20-28H2,1-2H3. The Morgan fingerprint density at radius 1 is 0.923 bits per heavy atom. The summed E-state index contributed by atoms with van der Waals surface area (Å²) in [4.78, 5) is 45.9. The quantitative estimate of drug-likeness (QED) is 0.227. The molecule has 4 aromatic rings. The number of fused-ring (bicyclic) bond motifs is 2. The topological polar surface area (TPSA) is 118 Å². The highest BCUT2D eigenvalue weighted by Crippen LogP contribution is 2.35. The van der Waals surface area contributed by atoms with Crippen molar-refractivity contribution in [3.63, 3.8) is 0 Å². The molecule has 7 rings (SSSR count). The van der Waals surface area contributed by atoms with Gasteiger partial charge in [-0.2, -0.15) is 15.2 Å². The van der Waals surface area contributed by atoms with E-state index in [0.29, 0.717) is 45.3 Å². The Balaban J connectivity index is 1.14. The molecule has 4 heterocycles. The number of ether oxygens (including phenoxy) is 2. The average molecular weight is 703 g/mol. The zero-order valence-electron chi connectivity index (χ0n) is 30.0. The van der Waals surface area contributed by atoms with E-state index in [2.05, 4.69) is 63.2 Å². The molecule has 3 aliphatic heterocycles. The second-order valence-corrected chi connectivity index (χ2v) is 14.0. The van der Waals surface area contributed by atoms with Gasteiger partial charge in [0.2, 0.25) is 5.91 Å². The number of carbonyl (C=O) groups is 2. The van der Waals surface area contributed by atoms with E-state index in [-0.39, 0.29) is 31.0 Å². The van der Waals surface area contributed by atoms with Gasteiger partial charge in [-0.3, -0.25) is 9.69 Å². The highest BCUT2D eigenvalue weighted by atomic mass is 16.6. The predicted molar refractivity (Wildman–Crippen MR) is 199 cm³/mol. The van der Waals surface area contributed by atoms with Gasteiger partial charge in [0.25, 0.3) is 0 Å². The molecule has 0 radical (unpaired) electrons. The predicted octanol–water partition coefficient (Wildman–Crippen LogP) is 4.86. The van der Waals surface area contributed by atoms with E-state index in [0.717, 1.165) is 60.7 Å². The summed E-state index contributed by atoms with van der Waals surface area (Å²) in [5.74, 6) is 0.867. The zero-order valence-corrected chi connectivity index (χ0v) is 30.0. The van der Waals surface area contributed by atoms with Gasteiger partial charge in [-0.1, -0.05) is 66.7 Å². The smallest absolute Gasteiger partial charge is 0.410 e. The van der Waals surface area contributed by atoms with Gasteiger partial charge >= 0.3 is 12.1 Å². The molecule has 2 fully saturated rings. The molecule has 1 aromatic heterocycles. The fraction of sp³-hybridized carbons (Fsp3) is 0.425. The number of rotatable bonds is 10. The van der Waals surface area contributed by atoms with Gasteiger partial charge in [0.1, 0.15) is 19.0 Å². The van der Waals surface area contributed by atoms with E-state index in [1.54, 1.807) is 23.9 Å². The Labute approximate surface area is 305 Å². The number of benzene rings is 3. The summed E-state index contributed by atoms with van der Waals surface area (Å²) in [5, 5.41) is 12.2. The monoisotopic (exact) mass is 702 g/mol. The minimum absolute atomic E-state index is 0.0720. The Morgan fingerprint density at radius 3 is 2.56 bits per heavy atom. The number of anilines is 2. The number of hydrogen-bond donors (Lipinski definition) is 0. The van der Waals surface area contributed by atoms with Crippen LogP contribution in [0.1, 0.15) is 36.1 Å². The normalized spacial score (nSPS) is 18.9. The number of nitrogens with zero attached hydrogens (tertiary/aromatic N) is 8. The third-order valence-electron chi connectivity index (χ3n) is 10.4. The lowest BCUT2D eigenvalue weighted by Crippen LogP contribution is -2.55. The van der Waals surface area contributed by atoms with Crippen LogP contribution in [0.25, 0.3) is 10.8 Å². The number of piperazine rings is 1. The van der Waals surface area contributed by atoms with Gasteiger partial charge in [-0.15, -0.1) is 0 Å². The van der Waals surface area contributed by atoms with Crippen LogP contribution in [-0.2, 0) is 29.1 Å². The van der Waals surface area contributed by atoms with E-state index >= 15 is 0 Å². The molecule has 0 bridgehead atoms. The molecule has 3 aromatic carbocycles. The third-order valence-corrected chi connectivity index (χ3v) is 10.4. The first-order valence-electron chi connectivity index (χ1n) is 18.2. The summed E-state index contributed by atoms with van der Waals surface area (Å²) in [6.45, 7) is 4.51. The van der Waals surface area contributed by atoms with Crippen LogP contribution in [0.15, 0.2) is 72.8 Å². The second-order valence-electron chi connectivity index (χ2n) is 14.0. The summed E-state index contributed by atoms with van der Waals surface area (Å²) < 4.78 is 12.1. The molecule has 52 heavy (non-hydrogen) atoms. The molecule has 2 amide bonds. The minimum Gasteiger partial charge on any atom is -0.462 e. The maximum absolute atomic E-state index is 13.3. The Morgan fingerprint density at radius 2 is 1.73 bits per heavy atom. The van der Waals surface area contributed by atoms with E-state index < -0.39 is 6.09 Å². The van der Waals surface area contributed by atoms with Crippen molar-refractivity contribution < 1.29 is 19.1 Å². The van der Waals surface area contributed by atoms with Gasteiger partial charge in [0, 0.05) is 63.0 Å². The molecule has 0 aliphatic carbocycles. The van der Waals surface area contributed by atoms with E-state index in [1.165, 1.54) is 10.8 Å². The SMILES string of the molecule is CN(C)C(=O)CN1CCCC1COc1nc2c(c(N3CCN(C(=O)OCc4ccccc4)C(CC#N)C3)n1)CCN(c1cccc3ccccc13)C2. The maximum Gasteiger partial charge on any atom is 0.410 e. The van der Waals surface area contributed by atoms with Gasteiger partial charge in [0.15, 0.2) is 0 Å². The third kappa shape index (κ3) is 7.75. The van der Waals surface area contributed by atoms with Crippen LogP contribution in [0, 0.1) is 11.3 Å². The van der Waals surface area contributed by atoms with Crippen molar-refractivity contribution in [1.82, 2.24) is 24.7 Å². The number of aromatic nitrogens is 2. The Hall–Kier alpha value is -5.41. The van der Waals surface area contributed by atoms with E-state index in [4.69, 9.17) is 19.4 Å². The number of hydrogen-bond acceptors (Lipinski definition) is 10. The van der Waals surface area contributed by atoms with Crippen LogP contribution >= 0.6 is 0 Å². The second kappa shape index (κ2) is 15.9. The lowest BCUT2D eigenvalue weighted by Gasteiger charge is -2.42. The van der Waals surface area contributed by atoms with Crippen LogP contribution < -0.4 is 14.5 Å². The molecule has 2 atom stereocenters. The first kappa shape index (κ1) is 35.0. The number of likely N-dealkylation sites (tertiary alicyclic amines) is 1. The van der Waals surface area contributed by atoms with Crippen molar-refractivity contribution in [2.45, 2.75) is 50.9 Å². The summed E-state index contributed by atoms with van der Waals surface area (Å²) in [5.41, 5.74) is 4.05. The minimum atomic E-state index is -0.419. The van der Waals surface area contributed by atoms with Crippen molar-refractivity contribution in [3.8, 4) is 12.1 Å². The lowest BCUT2D eigenvalue weighted by atomic mass is 10.0. The van der Waals surface area contributed by atoms with E-state index in [1.807, 2.05) is 30.3 Å². The summed E-state index contributed by atoms with van der Waals surface area (Å²) >= 11 is 0. The Kier molecular flexibility index (Phi) is 10.7. The van der Waals surface area contributed by atoms with Crippen LogP contribution in [0.3, 0.4) is 0 Å².